The van der Waals surface area contributed by atoms with E-state index >= 15 is 0 Å². The van der Waals surface area contributed by atoms with E-state index in [1.807, 2.05) is 0 Å². The molecule has 0 radical (unpaired) electrons. The van der Waals surface area contributed by atoms with Crippen molar-refractivity contribution in [2.75, 3.05) is 0 Å². The molecule has 0 heterocycles. The minimum absolute atomic E-state index is 1.10. The van der Waals surface area contributed by atoms with Crippen LogP contribution >= 0.6 is 0 Å². The van der Waals surface area contributed by atoms with Crippen LogP contribution in [0.25, 0.3) is 0 Å². The van der Waals surface area contributed by atoms with Crippen LogP contribution in [0.1, 0.15) is 51.9 Å². The Labute approximate surface area is 91.5 Å². The number of hydrogen-bond acceptors (Lipinski definition) is 0. The molecule has 0 aliphatic heterocycles. The number of hydrogen-bond donors (Lipinski definition) is 0. The van der Waals surface area contributed by atoms with Gasteiger partial charge in [-0.2, -0.15) is 0 Å². The van der Waals surface area contributed by atoms with Gasteiger partial charge in [0.15, 0.2) is 0 Å². The van der Waals surface area contributed by atoms with Crippen molar-refractivity contribution in [1.82, 2.24) is 0 Å². The minimum atomic E-state index is -1.10. The average Bonchev–Trinajstić information content (AvgIpc) is 2.08. The molecule has 0 aromatic heterocycles. The van der Waals surface area contributed by atoms with Crippen molar-refractivity contribution in [3.05, 3.63) is 0 Å². The third-order valence-electron chi connectivity index (χ3n) is 2.12. The van der Waals surface area contributed by atoms with Crippen LogP contribution in [0.3, 0.4) is 0 Å². The predicted octanol–water partition coefficient (Wildman–Crippen LogP) is 4.62. The second-order valence-corrected chi connectivity index (χ2v) is 9.82. The second kappa shape index (κ2) is 8.12. The fourth-order valence-electron chi connectivity index (χ4n) is 1.32. The summed E-state index contributed by atoms with van der Waals surface area (Å²) in [6, 6.07) is 0. The second-order valence-electron chi connectivity index (χ2n) is 5.07. The summed E-state index contributed by atoms with van der Waals surface area (Å²) in [6.07, 6.45) is 9.37. The molecule has 82 valence electrons. The molecule has 0 bridgehead atoms. The third-order valence-corrected chi connectivity index (χ3v) is 3.05. The van der Waals surface area contributed by atoms with Gasteiger partial charge < -0.3 is 0 Å². The van der Waals surface area contributed by atoms with Gasteiger partial charge in [-0.15, -0.1) is 11.5 Å². The molecule has 0 saturated heterocycles. The molecular formula is C13H26Si. The molecule has 0 spiro atoms. The van der Waals surface area contributed by atoms with Crippen LogP contribution in [0.5, 0.6) is 0 Å². The number of rotatable bonds is 6. The van der Waals surface area contributed by atoms with Crippen molar-refractivity contribution in [3.63, 3.8) is 0 Å². The normalized spacial score (nSPS) is 10.9. The first-order valence-corrected chi connectivity index (χ1v) is 9.56. The summed E-state index contributed by atoms with van der Waals surface area (Å²) in [6.45, 7) is 9.18. The van der Waals surface area contributed by atoms with Crippen LogP contribution < -0.4 is 0 Å². The van der Waals surface area contributed by atoms with Crippen LogP contribution in [0, 0.1) is 11.5 Å². The van der Waals surface area contributed by atoms with Crippen LogP contribution in [-0.2, 0) is 0 Å². The zero-order chi connectivity index (χ0) is 10.9. The van der Waals surface area contributed by atoms with Crippen LogP contribution in [-0.4, -0.2) is 8.07 Å². The van der Waals surface area contributed by atoms with Gasteiger partial charge in [0.1, 0.15) is 8.07 Å². The molecule has 0 nitrogen and oxygen atoms in total. The van der Waals surface area contributed by atoms with Crippen molar-refractivity contribution in [1.29, 1.82) is 0 Å². The minimum Gasteiger partial charge on any atom is -0.132 e. The summed E-state index contributed by atoms with van der Waals surface area (Å²) in [4.78, 5) is 0. The van der Waals surface area contributed by atoms with E-state index in [-0.39, 0.29) is 0 Å². The van der Waals surface area contributed by atoms with Gasteiger partial charge in [-0.1, -0.05) is 58.7 Å². The highest BCUT2D eigenvalue weighted by Gasteiger charge is 2.06. The lowest BCUT2D eigenvalue weighted by Crippen LogP contribution is -2.16. The topological polar surface area (TPSA) is 0 Å². The van der Waals surface area contributed by atoms with Gasteiger partial charge in [0.2, 0.25) is 0 Å². The van der Waals surface area contributed by atoms with Crippen molar-refractivity contribution in [2.45, 2.75) is 71.5 Å². The van der Waals surface area contributed by atoms with Gasteiger partial charge in [-0.3, -0.25) is 0 Å². The molecule has 0 unspecified atom stereocenters. The maximum atomic E-state index is 3.41. The number of unbranched alkanes of at least 4 members (excludes halogenated alkanes) is 6. The maximum Gasteiger partial charge on any atom is 0.129 e. The monoisotopic (exact) mass is 210 g/mol. The summed E-state index contributed by atoms with van der Waals surface area (Å²) in [5.74, 6) is 3.33. The molecule has 14 heavy (non-hydrogen) atoms. The van der Waals surface area contributed by atoms with Gasteiger partial charge in [-0.25, -0.2) is 0 Å². The highest BCUT2D eigenvalue weighted by Crippen LogP contribution is 2.06. The molecule has 0 amide bonds. The highest BCUT2D eigenvalue weighted by atomic mass is 28.3. The van der Waals surface area contributed by atoms with Crippen molar-refractivity contribution < 1.29 is 0 Å². The van der Waals surface area contributed by atoms with Crippen molar-refractivity contribution >= 4 is 8.07 Å². The largest absolute Gasteiger partial charge is 0.132 e. The SMILES string of the molecule is CCCCCCCCC#C[Si](C)(C)C. The molecule has 1 heteroatoms. The van der Waals surface area contributed by atoms with Crippen LogP contribution in [0.2, 0.25) is 19.6 Å². The Balaban J connectivity index is 3.24. The lowest BCUT2D eigenvalue weighted by molar-refractivity contribution is 0.614. The summed E-state index contributed by atoms with van der Waals surface area (Å²) < 4.78 is 0. The summed E-state index contributed by atoms with van der Waals surface area (Å²) in [5.41, 5.74) is 3.41. The zero-order valence-electron chi connectivity index (χ0n) is 10.4. The van der Waals surface area contributed by atoms with Gasteiger partial charge in [-0.05, 0) is 6.42 Å². The van der Waals surface area contributed by atoms with Crippen LogP contribution in [0.4, 0.5) is 0 Å². The quantitative estimate of drug-likeness (QED) is 0.341. The fraction of sp³-hybridized carbons (Fsp3) is 0.846. The average molecular weight is 210 g/mol. The Bertz CT molecular complexity index is 178. The first-order chi connectivity index (χ1) is 6.56. The Morgan fingerprint density at radius 1 is 0.857 bits per heavy atom. The summed E-state index contributed by atoms with van der Waals surface area (Å²) in [7, 11) is -1.10. The molecule has 0 fully saturated rings. The van der Waals surface area contributed by atoms with Gasteiger partial charge >= 0.3 is 0 Å². The Morgan fingerprint density at radius 2 is 1.43 bits per heavy atom. The first kappa shape index (κ1) is 13.8. The Hall–Kier alpha value is -0.223. The standard InChI is InChI=1S/C13H26Si/c1-5-6-7-8-9-10-11-12-13-14(2,3)4/h5-11H2,1-4H3. The van der Waals surface area contributed by atoms with E-state index < -0.39 is 8.07 Å². The van der Waals surface area contributed by atoms with Crippen molar-refractivity contribution in [3.8, 4) is 11.5 Å². The maximum absolute atomic E-state index is 3.41. The van der Waals surface area contributed by atoms with E-state index in [0.29, 0.717) is 0 Å². The lowest BCUT2D eigenvalue weighted by Gasteiger charge is -2.03. The van der Waals surface area contributed by atoms with E-state index in [0.717, 1.165) is 6.42 Å². The molecule has 0 N–H and O–H groups in total. The highest BCUT2D eigenvalue weighted by molar-refractivity contribution is 6.83. The van der Waals surface area contributed by atoms with Crippen LogP contribution in [0.15, 0.2) is 0 Å². The zero-order valence-corrected chi connectivity index (χ0v) is 11.4. The predicted molar refractivity (Wildman–Crippen MR) is 69.1 cm³/mol. The molecule has 0 rings (SSSR count). The van der Waals surface area contributed by atoms with E-state index in [1.54, 1.807) is 0 Å². The smallest absolute Gasteiger partial charge is 0.129 e. The summed E-state index contributed by atoms with van der Waals surface area (Å²) >= 11 is 0. The Kier molecular flexibility index (Phi) is 7.99. The van der Waals surface area contributed by atoms with Gasteiger partial charge in [0.25, 0.3) is 0 Å². The molecular weight excluding hydrogens is 184 g/mol. The van der Waals surface area contributed by atoms with Gasteiger partial charge in [0, 0.05) is 6.42 Å². The van der Waals surface area contributed by atoms with E-state index in [4.69, 9.17) is 0 Å². The molecule has 0 aliphatic carbocycles. The molecule has 0 saturated carbocycles. The van der Waals surface area contributed by atoms with E-state index in [9.17, 15) is 0 Å². The molecule has 0 aromatic carbocycles. The Morgan fingerprint density at radius 3 is 2.00 bits per heavy atom. The molecule has 0 aliphatic rings. The third kappa shape index (κ3) is 11.8. The molecule has 0 atom stereocenters. The van der Waals surface area contributed by atoms with Crippen molar-refractivity contribution in [2.24, 2.45) is 0 Å². The van der Waals surface area contributed by atoms with Gasteiger partial charge in [0.05, 0.1) is 0 Å². The summed E-state index contributed by atoms with van der Waals surface area (Å²) in [5, 5.41) is 0. The lowest BCUT2D eigenvalue weighted by atomic mass is 10.1. The first-order valence-electron chi connectivity index (χ1n) is 6.06. The molecule has 0 aromatic rings. The fourth-order valence-corrected chi connectivity index (χ4v) is 1.98. The van der Waals surface area contributed by atoms with E-state index in [1.165, 1.54) is 38.5 Å². The van der Waals surface area contributed by atoms with E-state index in [2.05, 4.69) is 38.0 Å².